The zero-order chi connectivity index (χ0) is 21.9. The highest BCUT2D eigenvalue weighted by molar-refractivity contribution is 5.76. The predicted octanol–water partition coefficient (Wildman–Crippen LogP) is 3.29. The van der Waals surface area contributed by atoms with Crippen LogP contribution in [0.4, 0.5) is 17.6 Å². The summed E-state index contributed by atoms with van der Waals surface area (Å²) in [5, 5.41) is 0. The van der Waals surface area contributed by atoms with E-state index in [0.29, 0.717) is 0 Å². The number of aliphatic imine (C=N–C) groups is 1. The molecule has 2 heterocycles. The summed E-state index contributed by atoms with van der Waals surface area (Å²) in [4.78, 5) is 11.3. The summed E-state index contributed by atoms with van der Waals surface area (Å²) in [7, 11) is 0. The molecule has 6 nitrogen and oxygen atoms in total. The third kappa shape index (κ3) is 4.05. The van der Waals surface area contributed by atoms with Gasteiger partial charge in [0, 0.05) is 5.56 Å². The normalized spacial score (nSPS) is 20.7. The van der Waals surface area contributed by atoms with Gasteiger partial charge in [-0.2, -0.15) is 8.78 Å². The fourth-order valence-corrected chi connectivity index (χ4v) is 2.75. The molecule has 1 atom stereocenters. The van der Waals surface area contributed by atoms with E-state index in [0.717, 1.165) is 31.3 Å². The Labute approximate surface area is 169 Å². The Bertz CT molecular complexity index is 1050. The Balaban J connectivity index is 1.95. The standard InChI is InChI=1S/C20H16F4N4O2/c1-3-6-29-17-10-26-16(9-27-17)15(22)8-12-4-5-14(21)13(7-12)19(2)20(23,24)11-30-18(25)28-19/h1,4-5,7-10H,6,11H2,2H3,(H2,25,28)/b15-8-. The summed E-state index contributed by atoms with van der Waals surface area (Å²) in [5.41, 5.74) is 2.61. The van der Waals surface area contributed by atoms with Crippen LogP contribution in [0.15, 0.2) is 35.6 Å². The Morgan fingerprint density at radius 2 is 2.13 bits per heavy atom. The lowest BCUT2D eigenvalue weighted by Gasteiger charge is -2.37. The summed E-state index contributed by atoms with van der Waals surface area (Å²) in [5.74, 6) is -2.95. The van der Waals surface area contributed by atoms with Gasteiger partial charge in [0.2, 0.25) is 5.88 Å². The maximum atomic E-state index is 14.6. The maximum absolute atomic E-state index is 14.6. The first-order chi connectivity index (χ1) is 14.2. The van der Waals surface area contributed by atoms with Crippen LogP contribution in [0.2, 0.25) is 0 Å². The van der Waals surface area contributed by atoms with Gasteiger partial charge in [-0.25, -0.2) is 23.7 Å². The topological polar surface area (TPSA) is 82.6 Å². The molecule has 10 heteroatoms. The number of rotatable bonds is 5. The molecule has 3 rings (SSSR count). The van der Waals surface area contributed by atoms with Crippen molar-refractivity contribution in [3.8, 4) is 18.2 Å². The number of terminal acetylenes is 1. The number of halogens is 4. The molecular weight excluding hydrogens is 404 g/mol. The van der Waals surface area contributed by atoms with E-state index in [1.807, 2.05) is 0 Å². The third-order valence-corrected chi connectivity index (χ3v) is 4.43. The number of amidine groups is 1. The Hall–Kier alpha value is -3.61. The number of nitrogens with two attached hydrogens (primary N) is 1. The lowest BCUT2D eigenvalue weighted by molar-refractivity contribution is -0.117. The highest BCUT2D eigenvalue weighted by atomic mass is 19.3. The van der Waals surface area contributed by atoms with Gasteiger partial charge in [-0.15, -0.1) is 6.42 Å². The SMILES string of the molecule is C#CCOc1cnc(/C(F)=C/c2ccc(F)c(C3(C)N=C(N)OCC3(F)F)c2)cn1. The van der Waals surface area contributed by atoms with Crippen molar-refractivity contribution >= 4 is 17.9 Å². The third-order valence-electron chi connectivity index (χ3n) is 4.43. The number of ether oxygens (including phenoxy) is 2. The summed E-state index contributed by atoms with van der Waals surface area (Å²) >= 11 is 0. The molecule has 0 aliphatic carbocycles. The van der Waals surface area contributed by atoms with Gasteiger partial charge < -0.3 is 15.2 Å². The average molecular weight is 420 g/mol. The number of alkyl halides is 2. The van der Waals surface area contributed by atoms with Gasteiger partial charge in [0.15, 0.2) is 24.6 Å². The lowest BCUT2D eigenvalue weighted by atomic mass is 9.84. The molecule has 1 aliphatic rings. The number of benzene rings is 1. The minimum atomic E-state index is -3.54. The molecule has 2 N–H and O–H groups in total. The fourth-order valence-electron chi connectivity index (χ4n) is 2.75. The van der Waals surface area contributed by atoms with Crippen LogP contribution in [0.25, 0.3) is 11.9 Å². The van der Waals surface area contributed by atoms with Crippen LogP contribution in [-0.4, -0.2) is 35.1 Å². The average Bonchev–Trinajstić information content (AvgIpc) is 2.71. The van der Waals surface area contributed by atoms with E-state index in [4.69, 9.17) is 16.9 Å². The minimum Gasteiger partial charge on any atom is -0.463 e. The van der Waals surface area contributed by atoms with Crippen molar-refractivity contribution in [3.05, 3.63) is 53.2 Å². The van der Waals surface area contributed by atoms with Crippen LogP contribution in [-0.2, 0) is 10.3 Å². The van der Waals surface area contributed by atoms with Crippen molar-refractivity contribution in [1.82, 2.24) is 9.97 Å². The maximum Gasteiger partial charge on any atom is 0.310 e. The van der Waals surface area contributed by atoms with E-state index in [1.165, 1.54) is 12.3 Å². The second-order valence-corrected chi connectivity index (χ2v) is 6.48. The molecule has 0 spiro atoms. The van der Waals surface area contributed by atoms with Gasteiger partial charge in [-0.3, -0.25) is 0 Å². The van der Waals surface area contributed by atoms with Crippen molar-refractivity contribution in [3.63, 3.8) is 0 Å². The smallest absolute Gasteiger partial charge is 0.310 e. The Kier molecular flexibility index (Phi) is 5.64. The minimum absolute atomic E-state index is 0.0217. The van der Waals surface area contributed by atoms with E-state index in [-0.39, 0.29) is 23.7 Å². The molecule has 0 saturated heterocycles. The molecule has 0 bridgehead atoms. The molecule has 0 radical (unpaired) electrons. The van der Waals surface area contributed by atoms with Crippen LogP contribution in [0.3, 0.4) is 0 Å². The molecule has 1 unspecified atom stereocenters. The lowest BCUT2D eigenvalue weighted by Crippen LogP contribution is -2.51. The van der Waals surface area contributed by atoms with E-state index < -0.39 is 41.3 Å². The molecule has 2 aromatic rings. The van der Waals surface area contributed by atoms with Crippen molar-refractivity contribution < 1.29 is 27.0 Å². The number of nitrogens with zero attached hydrogens (tertiary/aromatic N) is 3. The second kappa shape index (κ2) is 8.02. The van der Waals surface area contributed by atoms with Crippen molar-refractivity contribution in [2.45, 2.75) is 18.4 Å². The number of hydrogen-bond donors (Lipinski definition) is 1. The first kappa shape index (κ1) is 21.1. The van der Waals surface area contributed by atoms with Gasteiger partial charge in [-0.1, -0.05) is 12.0 Å². The summed E-state index contributed by atoms with van der Waals surface area (Å²) in [6.45, 7) is -0.0480. The van der Waals surface area contributed by atoms with Crippen molar-refractivity contribution in [2.24, 2.45) is 10.7 Å². The van der Waals surface area contributed by atoms with E-state index >= 15 is 0 Å². The van der Waals surface area contributed by atoms with E-state index in [1.54, 1.807) is 0 Å². The molecule has 0 fully saturated rings. The van der Waals surface area contributed by atoms with Gasteiger partial charge in [0.05, 0.1) is 12.4 Å². The fraction of sp³-hybridized carbons (Fsp3) is 0.250. The van der Waals surface area contributed by atoms with Crippen molar-refractivity contribution in [1.29, 1.82) is 0 Å². The molecule has 0 amide bonds. The van der Waals surface area contributed by atoms with Gasteiger partial charge in [0.1, 0.15) is 11.5 Å². The highest BCUT2D eigenvalue weighted by Gasteiger charge is 2.56. The Morgan fingerprint density at radius 3 is 2.80 bits per heavy atom. The molecule has 30 heavy (non-hydrogen) atoms. The van der Waals surface area contributed by atoms with Crippen LogP contribution in [0.5, 0.6) is 5.88 Å². The zero-order valence-corrected chi connectivity index (χ0v) is 15.7. The number of aromatic nitrogens is 2. The Morgan fingerprint density at radius 1 is 1.37 bits per heavy atom. The zero-order valence-electron chi connectivity index (χ0n) is 15.7. The van der Waals surface area contributed by atoms with Crippen molar-refractivity contribution in [2.75, 3.05) is 13.2 Å². The molecule has 1 aromatic heterocycles. The summed E-state index contributed by atoms with van der Waals surface area (Å²) in [6, 6.07) is 2.75. The summed E-state index contributed by atoms with van der Waals surface area (Å²) < 4.78 is 67.6. The van der Waals surface area contributed by atoms with Crippen LogP contribution in [0.1, 0.15) is 23.7 Å². The summed E-state index contributed by atoms with van der Waals surface area (Å²) in [6.07, 6.45) is 8.36. The molecule has 1 aromatic carbocycles. The van der Waals surface area contributed by atoms with E-state index in [2.05, 4.69) is 25.6 Å². The van der Waals surface area contributed by atoms with Crippen LogP contribution >= 0.6 is 0 Å². The number of hydrogen-bond acceptors (Lipinski definition) is 6. The quantitative estimate of drug-likeness (QED) is 0.593. The monoisotopic (exact) mass is 420 g/mol. The highest BCUT2D eigenvalue weighted by Crippen LogP contribution is 2.44. The molecule has 1 aliphatic heterocycles. The van der Waals surface area contributed by atoms with Crippen LogP contribution < -0.4 is 10.5 Å². The second-order valence-electron chi connectivity index (χ2n) is 6.48. The molecular formula is C20H16F4N4O2. The van der Waals surface area contributed by atoms with Gasteiger partial charge in [-0.05, 0) is 30.7 Å². The predicted molar refractivity (Wildman–Crippen MR) is 102 cm³/mol. The first-order valence-corrected chi connectivity index (χ1v) is 8.58. The van der Waals surface area contributed by atoms with Gasteiger partial charge >= 0.3 is 5.92 Å². The van der Waals surface area contributed by atoms with Gasteiger partial charge in [0.25, 0.3) is 6.02 Å². The largest absolute Gasteiger partial charge is 0.463 e. The first-order valence-electron chi connectivity index (χ1n) is 8.58. The van der Waals surface area contributed by atoms with Crippen LogP contribution in [0, 0.1) is 18.2 Å². The van der Waals surface area contributed by atoms with E-state index in [9.17, 15) is 17.6 Å². The molecule has 156 valence electrons. The molecule has 0 saturated carbocycles.